The van der Waals surface area contributed by atoms with Gasteiger partial charge in [0.15, 0.2) is 0 Å². The molecule has 1 aromatic heterocycles. The molecular formula is C19H17ClF4N4O2. The van der Waals surface area contributed by atoms with Gasteiger partial charge in [0.25, 0.3) is 0 Å². The Balaban J connectivity index is 1.49. The number of benzene rings is 1. The van der Waals surface area contributed by atoms with Crippen molar-refractivity contribution in [2.24, 2.45) is 5.92 Å². The van der Waals surface area contributed by atoms with Crippen LogP contribution in [0.15, 0.2) is 36.5 Å². The normalized spacial score (nSPS) is 16.6. The topological polar surface area (TPSA) is 74.3 Å². The average Bonchev–Trinajstić information content (AvgIpc) is 3.07. The number of nitrogens with zero attached hydrogens (tertiary/aromatic N) is 2. The van der Waals surface area contributed by atoms with Crippen molar-refractivity contribution in [3.63, 3.8) is 0 Å². The van der Waals surface area contributed by atoms with Gasteiger partial charge in [0.05, 0.1) is 22.2 Å². The fourth-order valence-electron chi connectivity index (χ4n) is 3.02. The quantitative estimate of drug-likeness (QED) is 0.528. The molecule has 1 atom stereocenters. The van der Waals surface area contributed by atoms with Crippen LogP contribution in [0.2, 0.25) is 5.02 Å². The number of para-hydroxylation sites is 1. The van der Waals surface area contributed by atoms with Crippen molar-refractivity contribution in [1.82, 2.24) is 10.3 Å². The molecule has 30 heavy (non-hydrogen) atoms. The van der Waals surface area contributed by atoms with Crippen molar-refractivity contribution in [3.05, 3.63) is 52.9 Å². The first kappa shape index (κ1) is 21.8. The molecular weight excluding hydrogens is 428 g/mol. The lowest BCUT2D eigenvalue weighted by Crippen LogP contribution is -2.35. The molecule has 3 rings (SSSR count). The summed E-state index contributed by atoms with van der Waals surface area (Å²) in [5.41, 5.74) is -0.834. The highest BCUT2D eigenvalue weighted by Gasteiger charge is 2.36. The highest BCUT2D eigenvalue weighted by Crippen LogP contribution is 2.32. The molecule has 0 aliphatic carbocycles. The minimum absolute atomic E-state index is 0.0418. The second kappa shape index (κ2) is 8.86. The number of hydrogen-bond donors (Lipinski definition) is 2. The van der Waals surface area contributed by atoms with Gasteiger partial charge >= 0.3 is 6.18 Å². The largest absolute Gasteiger partial charge is 0.417 e. The summed E-state index contributed by atoms with van der Waals surface area (Å²) in [5.74, 6) is -1.85. The summed E-state index contributed by atoms with van der Waals surface area (Å²) in [6.07, 6.45) is -3.92. The number of carbonyl (C=O) groups excluding carboxylic acids is 2. The molecule has 11 heteroatoms. The summed E-state index contributed by atoms with van der Waals surface area (Å²) < 4.78 is 51.7. The van der Waals surface area contributed by atoms with E-state index in [1.165, 1.54) is 23.1 Å². The van der Waals surface area contributed by atoms with E-state index in [-0.39, 0.29) is 54.4 Å². The smallest absolute Gasteiger partial charge is 0.367 e. The van der Waals surface area contributed by atoms with E-state index in [0.29, 0.717) is 6.20 Å². The van der Waals surface area contributed by atoms with Crippen LogP contribution in [0, 0.1) is 11.7 Å². The van der Waals surface area contributed by atoms with Crippen molar-refractivity contribution in [3.8, 4) is 0 Å². The van der Waals surface area contributed by atoms with Crippen LogP contribution in [0.3, 0.4) is 0 Å². The van der Waals surface area contributed by atoms with Crippen LogP contribution >= 0.6 is 11.6 Å². The maximum absolute atomic E-state index is 13.9. The zero-order valence-electron chi connectivity index (χ0n) is 15.5. The third kappa shape index (κ3) is 4.99. The first-order valence-electron chi connectivity index (χ1n) is 8.96. The Labute approximate surface area is 174 Å². The average molecular weight is 445 g/mol. The highest BCUT2D eigenvalue weighted by molar-refractivity contribution is 6.32. The van der Waals surface area contributed by atoms with Crippen molar-refractivity contribution >= 4 is 34.9 Å². The van der Waals surface area contributed by atoms with Crippen LogP contribution in [-0.4, -0.2) is 36.4 Å². The molecule has 6 nitrogen and oxygen atoms in total. The van der Waals surface area contributed by atoms with Crippen molar-refractivity contribution in [1.29, 1.82) is 0 Å². The zero-order chi connectivity index (χ0) is 21.9. The van der Waals surface area contributed by atoms with Gasteiger partial charge in [-0.2, -0.15) is 13.2 Å². The van der Waals surface area contributed by atoms with E-state index < -0.39 is 23.5 Å². The Bertz CT molecular complexity index is 954. The molecule has 2 amide bonds. The lowest BCUT2D eigenvalue weighted by molar-refractivity contribution is -0.137. The lowest BCUT2D eigenvalue weighted by Gasteiger charge is -2.17. The Hall–Kier alpha value is -2.88. The Morgan fingerprint density at radius 3 is 2.67 bits per heavy atom. The number of nitrogens with one attached hydrogen (secondary N) is 2. The first-order valence-corrected chi connectivity index (χ1v) is 9.34. The van der Waals surface area contributed by atoms with E-state index in [1.807, 2.05) is 0 Å². The SMILES string of the molecule is O=C(NCCNc1ncc(C(F)(F)F)cc1Cl)[C@@H]1CC(=O)N(c2ccccc2F)C1. The molecule has 0 saturated carbocycles. The monoisotopic (exact) mass is 444 g/mol. The number of halogens is 5. The summed E-state index contributed by atoms with van der Waals surface area (Å²) in [7, 11) is 0. The minimum atomic E-state index is -4.54. The van der Waals surface area contributed by atoms with Crippen LogP contribution < -0.4 is 15.5 Å². The fraction of sp³-hybridized carbons (Fsp3) is 0.316. The Kier molecular flexibility index (Phi) is 6.45. The summed E-state index contributed by atoms with van der Waals surface area (Å²) >= 11 is 5.80. The second-order valence-electron chi connectivity index (χ2n) is 6.63. The van der Waals surface area contributed by atoms with Crippen molar-refractivity contribution < 1.29 is 27.2 Å². The third-order valence-corrected chi connectivity index (χ3v) is 4.81. The number of aromatic nitrogens is 1. The molecule has 160 valence electrons. The summed E-state index contributed by atoms with van der Waals surface area (Å²) in [5, 5.41) is 5.17. The minimum Gasteiger partial charge on any atom is -0.367 e. The summed E-state index contributed by atoms with van der Waals surface area (Å²) in [6, 6.07) is 6.58. The maximum Gasteiger partial charge on any atom is 0.417 e. The molecule has 2 N–H and O–H groups in total. The molecule has 0 unspecified atom stereocenters. The molecule has 1 aliphatic rings. The molecule has 0 spiro atoms. The highest BCUT2D eigenvalue weighted by atomic mass is 35.5. The van der Waals surface area contributed by atoms with Crippen LogP contribution in [-0.2, 0) is 15.8 Å². The van der Waals surface area contributed by atoms with Crippen molar-refractivity contribution in [2.75, 3.05) is 29.9 Å². The second-order valence-corrected chi connectivity index (χ2v) is 7.03. The third-order valence-electron chi connectivity index (χ3n) is 4.52. The Morgan fingerprint density at radius 1 is 1.27 bits per heavy atom. The number of pyridine rings is 1. The molecule has 1 saturated heterocycles. The standard InChI is InChI=1S/C19H17ClF4N4O2/c20-13-8-12(19(22,23)24)9-27-17(13)25-5-6-26-18(30)11-7-16(29)28(10-11)15-4-2-1-3-14(15)21/h1-4,8-9,11H,5-7,10H2,(H,25,27)(H,26,30)/t11-/m1/s1. The van der Waals surface area contributed by atoms with Gasteiger partial charge in [-0.15, -0.1) is 0 Å². The maximum atomic E-state index is 13.9. The molecule has 2 heterocycles. The molecule has 2 aromatic rings. The van der Waals surface area contributed by atoms with Crippen LogP contribution in [0.25, 0.3) is 0 Å². The van der Waals surface area contributed by atoms with Crippen LogP contribution in [0.1, 0.15) is 12.0 Å². The van der Waals surface area contributed by atoms with Gasteiger partial charge in [0, 0.05) is 32.3 Å². The predicted molar refractivity (Wildman–Crippen MR) is 103 cm³/mol. The Morgan fingerprint density at radius 2 is 2.00 bits per heavy atom. The van der Waals surface area contributed by atoms with Gasteiger partial charge in [-0.05, 0) is 18.2 Å². The van der Waals surface area contributed by atoms with E-state index in [4.69, 9.17) is 11.6 Å². The number of amides is 2. The van der Waals surface area contributed by atoms with Gasteiger partial charge in [-0.3, -0.25) is 9.59 Å². The van der Waals surface area contributed by atoms with Gasteiger partial charge < -0.3 is 15.5 Å². The predicted octanol–water partition coefficient (Wildman–Crippen LogP) is 3.47. The van der Waals surface area contributed by atoms with Crippen LogP contribution in [0.5, 0.6) is 0 Å². The molecule has 1 aliphatic heterocycles. The van der Waals surface area contributed by atoms with E-state index in [1.54, 1.807) is 6.07 Å². The fourth-order valence-corrected chi connectivity index (χ4v) is 3.25. The van der Waals surface area contributed by atoms with Gasteiger partial charge in [-0.25, -0.2) is 9.37 Å². The van der Waals surface area contributed by atoms with E-state index in [2.05, 4.69) is 15.6 Å². The van der Waals surface area contributed by atoms with Gasteiger partial charge in [0.1, 0.15) is 11.6 Å². The first-order chi connectivity index (χ1) is 14.2. The number of rotatable bonds is 6. The molecule has 0 radical (unpaired) electrons. The number of carbonyl (C=O) groups is 2. The zero-order valence-corrected chi connectivity index (χ0v) is 16.2. The molecule has 0 bridgehead atoms. The summed E-state index contributed by atoms with van der Waals surface area (Å²) in [6.45, 7) is 0.342. The molecule has 1 aromatic carbocycles. The van der Waals surface area contributed by atoms with E-state index in [9.17, 15) is 27.2 Å². The summed E-state index contributed by atoms with van der Waals surface area (Å²) in [4.78, 5) is 29.3. The van der Waals surface area contributed by atoms with E-state index in [0.717, 1.165) is 6.07 Å². The number of anilines is 2. The number of alkyl halides is 3. The van der Waals surface area contributed by atoms with Gasteiger partial charge in [-0.1, -0.05) is 23.7 Å². The lowest BCUT2D eigenvalue weighted by atomic mass is 10.1. The van der Waals surface area contributed by atoms with E-state index >= 15 is 0 Å². The molecule has 1 fully saturated rings. The van der Waals surface area contributed by atoms with Gasteiger partial charge in [0.2, 0.25) is 11.8 Å². The van der Waals surface area contributed by atoms with Crippen LogP contribution in [0.4, 0.5) is 29.1 Å². The van der Waals surface area contributed by atoms with Crippen molar-refractivity contribution in [2.45, 2.75) is 12.6 Å². The number of hydrogen-bond acceptors (Lipinski definition) is 4.